The van der Waals surface area contributed by atoms with Gasteiger partial charge < -0.3 is 29.5 Å². The van der Waals surface area contributed by atoms with Crippen molar-refractivity contribution in [2.45, 2.75) is 25.4 Å². The Kier molecular flexibility index (Phi) is 9.47. The van der Waals surface area contributed by atoms with E-state index >= 15 is 0 Å². The Morgan fingerprint density at radius 1 is 0.903 bits per heavy atom. The van der Waals surface area contributed by atoms with E-state index in [4.69, 9.17) is 14.2 Å². The van der Waals surface area contributed by atoms with E-state index in [1.165, 1.54) is 6.42 Å². The molecule has 1 atom stereocenters. The summed E-state index contributed by atoms with van der Waals surface area (Å²) < 4.78 is 16.8. The van der Waals surface area contributed by atoms with E-state index in [0.29, 0.717) is 25.4 Å². The summed E-state index contributed by atoms with van der Waals surface area (Å²) in [4.78, 5) is 14.0. The average molecular weight is 429 g/mol. The maximum atomic E-state index is 12.1. The van der Waals surface area contributed by atoms with Crippen LogP contribution >= 0.6 is 0 Å². The summed E-state index contributed by atoms with van der Waals surface area (Å²) >= 11 is 0. The molecule has 2 N–H and O–H groups in total. The van der Waals surface area contributed by atoms with Crippen molar-refractivity contribution in [1.82, 2.24) is 10.2 Å². The number of ether oxygens (including phenoxy) is 3. The van der Waals surface area contributed by atoms with E-state index in [9.17, 15) is 9.90 Å². The molecule has 0 saturated carbocycles. The molecule has 1 unspecified atom stereocenters. The minimum Gasteiger partial charge on any atom is -0.492 e. The molecule has 1 aliphatic rings. The SMILES string of the molecule is O=C(COc1ccc(OCCNCC(O)COc2ccccc2)cc1)N1CCCCC1. The second-order valence-electron chi connectivity index (χ2n) is 7.53. The van der Waals surface area contributed by atoms with Gasteiger partial charge in [-0.05, 0) is 55.7 Å². The van der Waals surface area contributed by atoms with Crippen molar-refractivity contribution < 1.29 is 24.1 Å². The van der Waals surface area contributed by atoms with Gasteiger partial charge in [0.25, 0.3) is 5.91 Å². The molecular formula is C24H32N2O5. The lowest BCUT2D eigenvalue weighted by Gasteiger charge is -2.26. The summed E-state index contributed by atoms with van der Waals surface area (Å²) in [5.41, 5.74) is 0. The maximum absolute atomic E-state index is 12.1. The lowest BCUT2D eigenvalue weighted by molar-refractivity contribution is -0.134. The number of carbonyl (C=O) groups is 1. The number of nitrogens with one attached hydrogen (secondary N) is 1. The van der Waals surface area contributed by atoms with Gasteiger partial charge in [0.1, 0.15) is 36.6 Å². The summed E-state index contributed by atoms with van der Waals surface area (Å²) in [5.74, 6) is 2.16. The number of likely N-dealkylation sites (tertiary alicyclic amines) is 1. The zero-order chi connectivity index (χ0) is 21.7. The van der Waals surface area contributed by atoms with Gasteiger partial charge in [0, 0.05) is 26.2 Å². The van der Waals surface area contributed by atoms with Crippen LogP contribution in [0.25, 0.3) is 0 Å². The first kappa shape index (κ1) is 22.9. The van der Waals surface area contributed by atoms with E-state index in [0.717, 1.165) is 37.4 Å². The van der Waals surface area contributed by atoms with Crippen LogP contribution in [0.15, 0.2) is 54.6 Å². The van der Waals surface area contributed by atoms with Crippen LogP contribution in [0.1, 0.15) is 19.3 Å². The fourth-order valence-electron chi connectivity index (χ4n) is 3.29. The minimum atomic E-state index is -0.593. The summed E-state index contributed by atoms with van der Waals surface area (Å²) in [6.07, 6.45) is 2.76. The highest BCUT2D eigenvalue weighted by Gasteiger charge is 2.16. The molecule has 0 bridgehead atoms. The van der Waals surface area contributed by atoms with Crippen molar-refractivity contribution in [2.75, 3.05) is 46.0 Å². The van der Waals surface area contributed by atoms with Crippen molar-refractivity contribution in [1.29, 1.82) is 0 Å². The summed E-state index contributed by atoms with van der Waals surface area (Å²) in [5, 5.41) is 13.1. The van der Waals surface area contributed by atoms with Gasteiger partial charge in [-0.3, -0.25) is 4.79 Å². The quantitative estimate of drug-likeness (QED) is 0.506. The van der Waals surface area contributed by atoms with Gasteiger partial charge in [-0.25, -0.2) is 0 Å². The number of aliphatic hydroxyl groups is 1. The third-order valence-corrected chi connectivity index (χ3v) is 5.01. The third kappa shape index (κ3) is 8.47. The Hall–Kier alpha value is -2.77. The van der Waals surface area contributed by atoms with Gasteiger partial charge in [0.2, 0.25) is 0 Å². The monoisotopic (exact) mass is 428 g/mol. The van der Waals surface area contributed by atoms with E-state index < -0.39 is 6.10 Å². The van der Waals surface area contributed by atoms with Gasteiger partial charge >= 0.3 is 0 Å². The Labute approximate surface area is 183 Å². The maximum Gasteiger partial charge on any atom is 0.260 e. The van der Waals surface area contributed by atoms with Gasteiger partial charge in [-0.2, -0.15) is 0 Å². The fraction of sp³-hybridized carbons (Fsp3) is 0.458. The van der Waals surface area contributed by atoms with E-state index in [-0.39, 0.29) is 19.1 Å². The number of benzene rings is 2. The number of amides is 1. The number of hydrogen-bond acceptors (Lipinski definition) is 6. The highest BCUT2D eigenvalue weighted by molar-refractivity contribution is 5.77. The number of nitrogens with zero attached hydrogens (tertiary/aromatic N) is 1. The van der Waals surface area contributed by atoms with Crippen LogP contribution in [0.3, 0.4) is 0 Å². The molecule has 7 nitrogen and oxygen atoms in total. The van der Waals surface area contributed by atoms with Crippen molar-refractivity contribution in [3.8, 4) is 17.2 Å². The molecule has 7 heteroatoms. The number of hydrogen-bond donors (Lipinski definition) is 2. The Bertz CT molecular complexity index is 763. The summed E-state index contributed by atoms with van der Waals surface area (Å²) in [6, 6.07) is 16.7. The molecule has 1 saturated heterocycles. The van der Waals surface area contributed by atoms with E-state index in [1.807, 2.05) is 47.4 Å². The van der Waals surface area contributed by atoms with Crippen LogP contribution in [0.4, 0.5) is 0 Å². The molecule has 0 aromatic heterocycles. The molecule has 168 valence electrons. The van der Waals surface area contributed by atoms with Gasteiger partial charge in [0.15, 0.2) is 6.61 Å². The van der Waals surface area contributed by atoms with Crippen molar-refractivity contribution in [3.63, 3.8) is 0 Å². The minimum absolute atomic E-state index is 0.0439. The Morgan fingerprint density at radius 3 is 2.26 bits per heavy atom. The summed E-state index contributed by atoms with van der Waals surface area (Å²) in [7, 11) is 0. The van der Waals surface area contributed by atoms with Gasteiger partial charge in [0.05, 0.1) is 0 Å². The number of piperidine rings is 1. The second-order valence-corrected chi connectivity index (χ2v) is 7.53. The molecule has 2 aromatic rings. The van der Waals surface area contributed by atoms with Crippen LogP contribution < -0.4 is 19.5 Å². The smallest absolute Gasteiger partial charge is 0.260 e. The molecule has 0 aliphatic carbocycles. The first-order chi connectivity index (χ1) is 15.2. The molecule has 1 heterocycles. The van der Waals surface area contributed by atoms with Crippen molar-refractivity contribution in [2.24, 2.45) is 0 Å². The van der Waals surface area contributed by atoms with Gasteiger partial charge in [-0.1, -0.05) is 18.2 Å². The highest BCUT2D eigenvalue weighted by atomic mass is 16.5. The fourth-order valence-corrected chi connectivity index (χ4v) is 3.29. The number of aliphatic hydroxyl groups excluding tert-OH is 1. The molecule has 2 aromatic carbocycles. The van der Waals surface area contributed by atoms with Crippen molar-refractivity contribution >= 4 is 5.91 Å². The number of para-hydroxylation sites is 1. The Morgan fingerprint density at radius 2 is 1.55 bits per heavy atom. The number of carbonyl (C=O) groups excluding carboxylic acids is 1. The molecule has 3 rings (SSSR count). The molecule has 1 amide bonds. The van der Waals surface area contributed by atoms with Crippen LogP contribution in [0.5, 0.6) is 17.2 Å². The standard InChI is InChI=1S/C24H32N2O5/c27-20(18-30-21-7-3-1-4-8-21)17-25-13-16-29-22-9-11-23(12-10-22)31-19-24(28)26-14-5-2-6-15-26/h1,3-4,7-12,20,25,27H,2,5-6,13-19H2. The van der Waals surface area contributed by atoms with Gasteiger partial charge in [-0.15, -0.1) is 0 Å². The first-order valence-corrected chi connectivity index (χ1v) is 10.9. The first-order valence-electron chi connectivity index (χ1n) is 10.9. The molecule has 0 spiro atoms. The third-order valence-electron chi connectivity index (χ3n) is 5.01. The topological polar surface area (TPSA) is 80.3 Å². The zero-order valence-corrected chi connectivity index (χ0v) is 17.9. The average Bonchev–Trinajstić information content (AvgIpc) is 2.83. The summed E-state index contributed by atoms with van der Waals surface area (Å²) in [6.45, 7) is 3.47. The predicted octanol–water partition coefficient (Wildman–Crippen LogP) is 2.49. The second kappa shape index (κ2) is 12.8. The normalized spacial score (nSPS) is 14.7. The molecule has 0 radical (unpaired) electrons. The van der Waals surface area contributed by atoms with Crippen LogP contribution in [-0.4, -0.2) is 68.0 Å². The van der Waals surface area contributed by atoms with Crippen LogP contribution in [0.2, 0.25) is 0 Å². The predicted molar refractivity (Wildman–Crippen MR) is 119 cm³/mol. The molecule has 31 heavy (non-hydrogen) atoms. The largest absolute Gasteiger partial charge is 0.492 e. The van der Waals surface area contributed by atoms with E-state index in [1.54, 1.807) is 12.1 Å². The molecule has 1 fully saturated rings. The Balaban J connectivity index is 1.25. The van der Waals surface area contributed by atoms with Crippen LogP contribution in [0, 0.1) is 0 Å². The zero-order valence-electron chi connectivity index (χ0n) is 17.9. The van der Waals surface area contributed by atoms with Crippen LogP contribution in [-0.2, 0) is 4.79 Å². The lowest BCUT2D eigenvalue weighted by atomic mass is 10.1. The highest BCUT2D eigenvalue weighted by Crippen LogP contribution is 2.18. The number of rotatable bonds is 12. The molecular weight excluding hydrogens is 396 g/mol. The van der Waals surface area contributed by atoms with Crippen molar-refractivity contribution in [3.05, 3.63) is 54.6 Å². The lowest BCUT2D eigenvalue weighted by Crippen LogP contribution is -2.38. The molecule has 1 aliphatic heterocycles. The van der Waals surface area contributed by atoms with E-state index in [2.05, 4.69) is 5.32 Å².